The van der Waals surface area contributed by atoms with E-state index in [2.05, 4.69) is 74.4 Å². The van der Waals surface area contributed by atoms with E-state index in [4.69, 9.17) is 29.3 Å². The minimum atomic E-state index is -0.457. The molecule has 0 atom stereocenters. The molecular weight excluding hydrogens is 877 g/mol. The molecule has 7 heterocycles. The van der Waals surface area contributed by atoms with Crippen molar-refractivity contribution in [3.63, 3.8) is 0 Å². The SMILES string of the molecule is C.CC1(C)OB(C2CC2)OC1(C)C.Nc1cnc(N2CCOCC2)c(C2CC2)c1.O=[N+]([O-])c1cnc(N2CCOCC2)c(Br)c1.O=[N+]([O-])c1cnc(N2CCOCC2)c(C2CC2)c1. The molecular formula is C43H63BBrN9O9. The number of pyridine rings is 3. The van der Waals surface area contributed by atoms with Gasteiger partial charge in [0.2, 0.25) is 0 Å². The molecule has 63 heavy (non-hydrogen) atoms. The van der Waals surface area contributed by atoms with E-state index in [0.29, 0.717) is 48.6 Å². The number of anilines is 4. The molecule has 2 N–H and O–H groups in total. The third kappa shape index (κ3) is 12.7. The predicted octanol–water partition coefficient (Wildman–Crippen LogP) is 7.55. The number of halogens is 1. The first-order valence-electron chi connectivity index (χ1n) is 21.7. The van der Waals surface area contributed by atoms with E-state index in [1.165, 1.54) is 49.7 Å². The second kappa shape index (κ2) is 21.2. The maximum absolute atomic E-state index is 10.8. The van der Waals surface area contributed by atoms with E-state index in [1.807, 2.05) is 4.90 Å². The third-order valence-electron chi connectivity index (χ3n) is 12.3. The van der Waals surface area contributed by atoms with Gasteiger partial charge in [-0.1, -0.05) is 20.3 Å². The van der Waals surface area contributed by atoms with Crippen LogP contribution in [0.2, 0.25) is 5.82 Å². The molecule has 18 nitrogen and oxygen atoms in total. The van der Waals surface area contributed by atoms with Crippen molar-refractivity contribution < 1.29 is 33.4 Å². The topological polar surface area (TPSA) is 207 Å². The molecule has 0 unspecified atom stereocenters. The van der Waals surface area contributed by atoms with Crippen molar-refractivity contribution >= 4 is 57.6 Å². The van der Waals surface area contributed by atoms with Crippen molar-refractivity contribution in [2.45, 2.75) is 103 Å². The fourth-order valence-electron chi connectivity index (χ4n) is 7.50. The number of morpholine rings is 3. The second-order valence-corrected chi connectivity index (χ2v) is 18.5. The standard InChI is InChI=1S/C12H15N3O3.C12H17N3O.C9H17BO2.C9H10BrN3O3.CH4/c16-15(17)10-7-11(9-1-2-9)12(13-8-10)14-3-5-18-6-4-14;13-10-7-11(9-1-2-9)12(14-8-10)15-3-5-16-6-4-15;1-8(2)9(3,4)12-10(11-8)7-5-6-7;10-8-5-7(13(14)15)6-11-9(8)12-1-3-16-4-2-12;/h7-9H,1-6H2;7-9H,1-6,13H2;7H,5-6H2,1-4H3;5-6H,1-4H2;1H4. The average Bonchev–Trinajstić information content (AvgIpc) is 4.11. The van der Waals surface area contributed by atoms with E-state index >= 15 is 0 Å². The lowest BCUT2D eigenvalue weighted by molar-refractivity contribution is -0.385. The van der Waals surface area contributed by atoms with Gasteiger partial charge in [-0.25, -0.2) is 15.0 Å². The molecule has 4 aliphatic heterocycles. The highest BCUT2D eigenvalue weighted by molar-refractivity contribution is 9.10. The lowest BCUT2D eigenvalue weighted by atomic mass is 9.82. The van der Waals surface area contributed by atoms with Crippen molar-refractivity contribution in [2.75, 3.05) is 99.3 Å². The summed E-state index contributed by atoms with van der Waals surface area (Å²) in [6.07, 6.45) is 11.7. The second-order valence-electron chi connectivity index (χ2n) is 17.6. The van der Waals surface area contributed by atoms with Crippen LogP contribution in [0.5, 0.6) is 0 Å². The molecule has 10 rings (SSSR count). The Kier molecular flexibility index (Phi) is 16.2. The summed E-state index contributed by atoms with van der Waals surface area (Å²) < 4.78 is 28.3. The first kappa shape index (κ1) is 48.3. The van der Waals surface area contributed by atoms with Crippen LogP contribution in [0.15, 0.2) is 41.3 Å². The van der Waals surface area contributed by atoms with Gasteiger partial charge in [-0.05, 0) is 98.6 Å². The Bertz CT molecular complexity index is 2010. The zero-order chi connectivity index (χ0) is 44.0. The molecule has 3 saturated carbocycles. The number of nitro groups is 2. The summed E-state index contributed by atoms with van der Waals surface area (Å²) in [5.74, 6) is 4.58. The highest BCUT2D eigenvalue weighted by Crippen LogP contribution is 2.49. The lowest BCUT2D eigenvalue weighted by Gasteiger charge is -2.32. The molecule has 0 spiro atoms. The number of nitrogens with zero attached hydrogens (tertiary/aromatic N) is 8. The molecule has 0 amide bonds. The number of rotatable bonds is 8. The normalized spacial score (nSPS) is 21.3. The van der Waals surface area contributed by atoms with Crippen molar-refractivity contribution in [3.05, 3.63) is 72.6 Å². The third-order valence-corrected chi connectivity index (χ3v) is 12.9. The Labute approximate surface area is 379 Å². The Morgan fingerprint density at radius 1 is 0.635 bits per heavy atom. The highest BCUT2D eigenvalue weighted by atomic mass is 79.9. The molecule has 0 radical (unpaired) electrons. The molecule has 0 aromatic carbocycles. The molecule has 3 aromatic rings. The van der Waals surface area contributed by atoms with E-state index < -0.39 is 4.92 Å². The summed E-state index contributed by atoms with van der Waals surface area (Å²) in [6.45, 7) is 17.7. The van der Waals surface area contributed by atoms with Gasteiger partial charge in [-0.3, -0.25) is 20.2 Å². The summed E-state index contributed by atoms with van der Waals surface area (Å²) in [7, 11) is 0.0648. The van der Waals surface area contributed by atoms with Crippen LogP contribution in [-0.4, -0.2) is 122 Å². The van der Waals surface area contributed by atoms with Gasteiger partial charge in [0.1, 0.15) is 29.8 Å². The zero-order valence-electron chi connectivity index (χ0n) is 36.2. The van der Waals surface area contributed by atoms with Crippen LogP contribution in [0.1, 0.15) is 96.6 Å². The summed E-state index contributed by atoms with van der Waals surface area (Å²) in [4.78, 5) is 40.0. The van der Waals surface area contributed by atoms with Crippen LogP contribution in [0.3, 0.4) is 0 Å². The first-order chi connectivity index (χ1) is 29.7. The quantitative estimate of drug-likeness (QED) is 0.131. The fourth-order valence-corrected chi connectivity index (χ4v) is 8.09. The van der Waals surface area contributed by atoms with Gasteiger partial charge >= 0.3 is 7.12 Å². The van der Waals surface area contributed by atoms with Gasteiger partial charge in [0.15, 0.2) is 0 Å². The Morgan fingerprint density at radius 3 is 1.41 bits per heavy atom. The summed E-state index contributed by atoms with van der Waals surface area (Å²) in [5.41, 5.74) is 8.77. The Balaban J connectivity index is 0.000000140. The molecule has 7 fully saturated rings. The monoisotopic (exact) mass is 939 g/mol. The van der Waals surface area contributed by atoms with Crippen molar-refractivity contribution in [3.8, 4) is 0 Å². The molecule has 3 aliphatic carbocycles. The van der Waals surface area contributed by atoms with Crippen LogP contribution >= 0.6 is 15.9 Å². The van der Waals surface area contributed by atoms with Gasteiger partial charge < -0.3 is 44.0 Å². The van der Waals surface area contributed by atoms with Crippen LogP contribution in [0.4, 0.5) is 34.5 Å². The maximum Gasteiger partial charge on any atom is 0.461 e. The fraction of sp³-hybridized carbons (Fsp3) is 0.651. The minimum Gasteiger partial charge on any atom is -0.403 e. The minimum absolute atomic E-state index is 0. The number of hydrogen-bond acceptors (Lipinski definition) is 16. The largest absolute Gasteiger partial charge is 0.461 e. The first-order valence-corrected chi connectivity index (χ1v) is 22.5. The van der Waals surface area contributed by atoms with E-state index in [0.717, 1.165) is 94.0 Å². The van der Waals surface area contributed by atoms with Crippen LogP contribution in [0.25, 0.3) is 0 Å². The van der Waals surface area contributed by atoms with Crippen LogP contribution in [0, 0.1) is 20.2 Å². The summed E-state index contributed by atoms with van der Waals surface area (Å²) >= 11 is 3.30. The van der Waals surface area contributed by atoms with Gasteiger partial charge in [-0.2, -0.15) is 0 Å². The van der Waals surface area contributed by atoms with Crippen LogP contribution in [-0.2, 0) is 23.5 Å². The van der Waals surface area contributed by atoms with Gasteiger partial charge in [0, 0.05) is 57.0 Å². The van der Waals surface area contributed by atoms with Crippen molar-refractivity contribution in [1.82, 2.24) is 15.0 Å². The Hall–Kier alpha value is -4.21. The summed E-state index contributed by atoms with van der Waals surface area (Å²) in [6, 6.07) is 5.25. The average molecular weight is 941 g/mol. The molecule has 3 aromatic heterocycles. The molecule has 20 heteroatoms. The van der Waals surface area contributed by atoms with Crippen LogP contribution < -0.4 is 20.4 Å². The lowest BCUT2D eigenvalue weighted by Crippen LogP contribution is -2.41. The number of hydrogen-bond donors (Lipinski definition) is 1. The van der Waals surface area contributed by atoms with E-state index in [1.54, 1.807) is 12.3 Å². The smallest absolute Gasteiger partial charge is 0.403 e. The van der Waals surface area contributed by atoms with E-state index in [9.17, 15) is 20.2 Å². The van der Waals surface area contributed by atoms with Gasteiger partial charge in [0.05, 0.1) is 77.0 Å². The summed E-state index contributed by atoms with van der Waals surface area (Å²) in [5, 5.41) is 21.4. The molecule has 7 aliphatic rings. The molecule has 4 saturated heterocycles. The van der Waals surface area contributed by atoms with E-state index in [-0.39, 0.29) is 42.0 Å². The molecule has 344 valence electrons. The van der Waals surface area contributed by atoms with Crippen molar-refractivity contribution in [1.29, 1.82) is 0 Å². The number of nitrogens with two attached hydrogens (primary N) is 1. The number of aromatic nitrogens is 3. The highest BCUT2D eigenvalue weighted by Gasteiger charge is 2.56. The predicted molar refractivity (Wildman–Crippen MR) is 247 cm³/mol. The zero-order valence-corrected chi connectivity index (χ0v) is 37.8. The van der Waals surface area contributed by atoms with Gasteiger partial charge in [-0.15, -0.1) is 0 Å². The maximum atomic E-state index is 10.8. The molecule has 0 bridgehead atoms. The number of ether oxygens (including phenoxy) is 3. The Morgan fingerprint density at radius 2 is 1.02 bits per heavy atom. The van der Waals surface area contributed by atoms with Crippen molar-refractivity contribution in [2.24, 2.45) is 0 Å². The number of nitrogen functional groups attached to an aromatic ring is 1. The van der Waals surface area contributed by atoms with Gasteiger partial charge in [0.25, 0.3) is 11.4 Å².